The quantitative estimate of drug-likeness (QED) is 0.892. The molecule has 2 N–H and O–H groups in total. The second-order valence-electron chi connectivity index (χ2n) is 5.56. The fourth-order valence-electron chi connectivity index (χ4n) is 2.90. The number of hydrogen-bond acceptors (Lipinski definition) is 4. The van der Waals surface area contributed by atoms with Gasteiger partial charge in [-0.15, -0.1) is 0 Å². The minimum atomic E-state index is -0.414. The Balaban J connectivity index is 1.58. The number of methoxy groups -OCH3 is 1. The van der Waals surface area contributed by atoms with E-state index in [-0.39, 0.29) is 0 Å². The smallest absolute Gasteiger partial charge is 0.119 e. The first-order valence-corrected chi connectivity index (χ1v) is 8.30. The van der Waals surface area contributed by atoms with Gasteiger partial charge in [-0.2, -0.15) is 11.3 Å². The lowest BCUT2D eigenvalue weighted by Crippen LogP contribution is -2.37. The maximum absolute atomic E-state index is 10.1. The van der Waals surface area contributed by atoms with Crippen molar-refractivity contribution in [1.29, 1.82) is 0 Å². The highest BCUT2D eigenvalue weighted by Crippen LogP contribution is 2.26. The van der Waals surface area contributed by atoms with E-state index >= 15 is 0 Å². The first-order chi connectivity index (χ1) is 10.3. The minimum Gasteiger partial charge on any atom is -0.497 e. The fourth-order valence-corrected chi connectivity index (χ4v) is 3.60. The first-order valence-electron chi connectivity index (χ1n) is 7.35. The summed E-state index contributed by atoms with van der Waals surface area (Å²) in [5, 5.41) is 17.7. The fraction of sp³-hybridized carbons (Fsp3) is 0.412. The molecule has 112 valence electrons. The number of nitrogens with one attached hydrogen (secondary N) is 1. The first kappa shape index (κ1) is 14.6. The van der Waals surface area contributed by atoms with Gasteiger partial charge in [0.05, 0.1) is 13.2 Å². The van der Waals surface area contributed by atoms with Crippen LogP contribution in [0.25, 0.3) is 0 Å². The highest BCUT2D eigenvalue weighted by molar-refractivity contribution is 7.07. The SMILES string of the molecule is COc1ccc2c(c1)CC(NCC(O)c1ccsc1)CC2. The predicted molar refractivity (Wildman–Crippen MR) is 86.1 cm³/mol. The van der Waals surface area contributed by atoms with Gasteiger partial charge >= 0.3 is 0 Å². The van der Waals surface area contributed by atoms with E-state index in [1.807, 2.05) is 22.9 Å². The Morgan fingerprint density at radius 1 is 1.38 bits per heavy atom. The van der Waals surface area contributed by atoms with Gasteiger partial charge in [0.1, 0.15) is 5.75 Å². The summed E-state index contributed by atoms with van der Waals surface area (Å²) in [5.74, 6) is 0.924. The number of aliphatic hydroxyl groups excluding tert-OH is 1. The van der Waals surface area contributed by atoms with Crippen LogP contribution in [0.15, 0.2) is 35.0 Å². The van der Waals surface area contributed by atoms with Crippen LogP contribution in [0.1, 0.15) is 29.2 Å². The van der Waals surface area contributed by atoms with Crippen LogP contribution >= 0.6 is 11.3 Å². The van der Waals surface area contributed by atoms with Crippen LogP contribution in [0.4, 0.5) is 0 Å². The molecule has 0 saturated carbocycles. The molecule has 1 aromatic carbocycles. The van der Waals surface area contributed by atoms with Crippen LogP contribution in [-0.4, -0.2) is 24.8 Å². The van der Waals surface area contributed by atoms with E-state index in [0.717, 1.165) is 30.6 Å². The zero-order valence-corrected chi connectivity index (χ0v) is 13.0. The summed E-state index contributed by atoms with van der Waals surface area (Å²) in [5.41, 5.74) is 3.79. The number of hydrogen-bond donors (Lipinski definition) is 2. The molecule has 0 radical (unpaired) electrons. The van der Waals surface area contributed by atoms with Crippen molar-refractivity contribution in [3.05, 3.63) is 51.7 Å². The minimum absolute atomic E-state index is 0.414. The molecule has 1 aromatic heterocycles. The maximum atomic E-state index is 10.1. The maximum Gasteiger partial charge on any atom is 0.119 e. The number of ether oxygens (including phenoxy) is 1. The van der Waals surface area contributed by atoms with Crippen LogP contribution in [-0.2, 0) is 12.8 Å². The monoisotopic (exact) mass is 303 g/mol. The van der Waals surface area contributed by atoms with E-state index in [1.54, 1.807) is 18.4 Å². The Morgan fingerprint density at radius 2 is 2.29 bits per heavy atom. The molecule has 1 aliphatic carbocycles. The van der Waals surface area contributed by atoms with Crippen molar-refractivity contribution < 1.29 is 9.84 Å². The molecule has 21 heavy (non-hydrogen) atoms. The number of rotatable bonds is 5. The molecular weight excluding hydrogens is 282 g/mol. The molecule has 0 spiro atoms. The zero-order valence-electron chi connectivity index (χ0n) is 12.2. The van der Waals surface area contributed by atoms with Gasteiger partial charge < -0.3 is 15.2 Å². The molecule has 0 amide bonds. The second kappa shape index (κ2) is 6.60. The van der Waals surface area contributed by atoms with E-state index < -0.39 is 6.10 Å². The molecule has 1 heterocycles. The van der Waals surface area contributed by atoms with Crippen LogP contribution < -0.4 is 10.1 Å². The summed E-state index contributed by atoms with van der Waals surface area (Å²) in [4.78, 5) is 0. The summed E-state index contributed by atoms with van der Waals surface area (Å²) >= 11 is 1.62. The predicted octanol–water partition coefficient (Wildman–Crippen LogP) is 2.94. The van der Waals surface area contributed by atoms with Crippen molar-refractivity contribution >= 4 is 11.3 Å². The van der Waals surface area contributed by atoms with Crippen molar-refractivity contribution in [3.8, 4) is 5.75 Å². The highest BCUT2D eigenvalue weighted by atomic mass is 32.1. The molecule has 0 aliphatic heterocycles. The van der Waals surface area contributed by atoms with Gasteiger partial charge in [0.15, 0.2) is 0 Å². The van der Waals surface area contributed by atoms with Gasteiger partial charge in [0.25, 0.3) is 0 Å². The van der Waals surface area contributed by atoms with E-state index in [9.17, 15) is 5.11 Å². The van der Waals surface area contributed by atoms with Crippen LogP contribution in [0.2, 0.25) is 0 Å². The summed E-state index contributed by atoms with van der Waals surface area (Å²) in [6.45, 7) is 0.612. The van der Waals surface area contributed by atoms with Gasteiger partial charge in [0, 0.05) is 12.6 Å². The normalized spacial score (nSPS) is 19.0. The second-order valence-corrected chi connectivity index (χ2v) is 6.34. The third-order valence-corrected chi connectivity index (χ3v) is 4.87. The number of aryl methyl sites for hydroxylation is 1. The van der Waals surface area contributed by atoms with Crippen molar-refractivity contribution in [1.82, 2.24) is 5.32 Å². The Labute approximate surface area is 129 Å². The molecule has 1 aliphatic rings. The van der Waals surface area contributed by atoms with Crippen LogP contribution in [0.5, 0.6) is 5.75 Å². The molecular formula is C17H21NO2S. The van der Waals surface area contributed by atoms with Crippen LogP contribution in [0, 0.1) is 0 Å². The summed E-state index contributed by atoms with van der Waals surface area (Å²) in [6.07, 6.45) is 2.80. The number of thiophene rings is 1. The summed E-state index contributed by atoms with van der Waals surface area (Å²) in [7, 11) is 1.71. The van der Waals surface area contributed by atoms with E-state index in [2.05, 4.69) is 17.4 Å². The van der Waals surface area contributed by atoms with Gasteiger partial charge in [0.2, 0.25) is 0 Å². The summed E-state index contributed by atoms with van der Waals surface area (Å²) < 4.78 is 5.30. The number of benzene rings is 1. The molecule has 2 aromatic rings. The largest absolute Gasteiger partial charge is 0.497 e. The van der Waals surface area contributed by atoms with E-state index in [4.69, 9.17) is 4.74 Å². The van der Waals surface area contributed by atoms with Gasteiger partial charge in [-0.3, -0.25) is 0 Å². The lowest BCUT2D eigenvalue weighted by atomic mass is 9.88. The summed E-state index contributed by atoms with van der Waals surface area (Å²) in [6, 6.07) is 8.76. The van der Waals surface area contributed by atoms with Crippen molar-refractivity contribution in [3.63, 3.8) is 0 Å². The molecule has 0 fully saturated rings. The number of fused-ring (bicyclic) bond motifs is 1. The number of aliphatic hydroxyl groups is 1. The zero-order chi connectivity index (χ0) is 14.7. The van der Waals surface area contributed by atoms with Crippen molar-refractivity contribution in [2.24, 2.45) is 0 Å². The Kier molecular flexibility index (Phi) is 4.58. The average Bonchev–Trinajstić information content (AvgIpc) is 3.06. The standard InChI is InChI=1S/C17H21NO2S/c1-20-16-5-3-12-2-4-15(8-14(12)9-16)18-10-17(19)13-6-7-21-11-13/h3,5-7,9,11,15,17-19H,2,4,8,10H2,1H3. The topological polar surface area (TPSA) is 41.5 Å². The molecule has 0 bridgehead atoms. The third-order valence-electron chi connectivity index (χ3n) is 4.17. The Bertz CT molecular complexity index is 582. The molecule has 0 saturated heterocycles. The van der Waals surface area contributed by atoms with Gasteiger partial charge in [-0.05, 0) is 64.9 Å². The van der Waals surface area contributed by atoms with Gasteiger partial charge in [-0.1, -0.05) is 6.07 Å². The average molecular weight is 303 g/mol. The van der Waals surface area contributed by atoms with Gasteiger partial charge in [-0.25, -0.2) is 0 Å². The van der Waals surface area contributed by atoms with E-state index in [0.29, 0.717) is 12.6 Å². The molecule has 2 unspecified atom stereocenters. The lowest BCUT2D eigenvalue weighted by Gasteiger charge is -2.27. The third kappa shape index (κ3) is 3.46. The lowest BCUT2D eigenvalue weighted by molar-refractivity contribution is 0.168. The van der Waals surface area contributed by atoms with Crippen molar-refractivity contribution in [2.45, 2.75) is 31.4 Å². The highest BCUT2D eigenvalue weighted by Gasteiger charge is 2.20. The molecule has 2 atom stereocenters. The Morgan fingerprint density at radius 3 is 3.05 bits per heavy atom. The molecule has 3 rings (SSSR count). The van der Waals surface area contributed by atoms with E-state index in [1.165, 1.54) is 11.1 Å². The van der Waals surface area contributed by atoms with Crippen LogP contribution in [0.3, 0.4) is 0 Å². The molecule has 4 heteroatoms. The Hall–Kier alpha value is -1.36. The van der Waals surface area contributed by atoms with Crippen molar-refractivity contribution in [2.75, 3.05) is 13.7 Å². The molecule has 3 nitrogen and oxygen atoms in total.